The van der Waals surface area contributed by atoms with Gasteiger partial charge in [-0.25, -0.2) is 0 Å². The number of carboxylic acids is 1. The Balaban J connectivity index is 1.62. The van der Waals surface area contributed by atoms with Crippen LogP contribution < -0.4 is 0 Å². The molecule has 24 heavy (non-hydrogen) atoms. The fraction of sp³-hybridized carbons (Fsp3) is 0.773. The first-order valence-corrected chi connectivity index (χ1v) is 10.1. The highest BCUT2D eigenvalue weighted by atomic mass is 16.4. The molecule has 0 aromatic rings. The molecule has 0 aromatic carbocycles. The molecule has 0 bridgehead atoms. The lowest BCUT2D eigenvalue weighted by molar-refractivity contribution is -0.137. The molecule has 0 spiro atoms. The summed E-state index contributed by atoms with van der Waals surface area (Å²) in [6, 6.07) is 0. The van der Waals surface area contributed by atoms with Crippen LogP contribution in [0, 0.1) is 28.6 Å². The highest BCUT2D eigenvalue weighted by Crippen LogP contribution is 2.65. The monoisotopic (exact) mass is 328 g/mol. The molecule has 2 heteroatoms. The van der Waals surface area contributed by atoms with E-state index in [4.69, 9.17) is 5.11 Å². The van der Waals surface area contributed by atoms with E-state index in [-0.39, 0.29) is 0 Å². The average Bonchev–Trinajstić information content (AvgIpc) is 2.89. The summed E-state index contributed by atoms with van der Waals surface area (Å²) in [7, 11) is 0. The molecule has 2 saturated carbocycles. The molecule has 0 radical (unpaired) electrons. The molecule has 5 atom stereocenters. The van der Waals surface area contributed by atoms with Gasteiger partial charge in [-0.1, -0.05) is 37.1 Å². The number of fused-ring (bicyclic) bond motifs is 5. The molecule has 1 N–H and O–H groups in total. The normalized spacial score (nSPS) is 44.0. The Bertz CT molecular complexity index is 601. The van der Waals surface area contributed by atoms with Crippen LogP contribution in [0.4, 0.5) is 0 Å². The lowest BCUT2D eigenvalue weighted by Crippen LogP contribution is -2.44. The molecule has 0 saturated heterocycles. The second kappa shape index (κ2) is 5.75. The highest BCUT2D eigenvalue weighted by molar-refractivity contribution is 5.66. The van der Waals surface area contributed by atoms with Crippen molar-refractivity contribution in [3.05, 3.63) is 23.3 Å². The Hall–Kier alpha value is -1.05. The Labute approximate surface area is 146 Å². The van der Waals surface area contributed by atoms with Crippen molar-refractivity contribution in [1.82, 2.24) is 0 Å². The van der Waals surface area contributed by atoms with E-state index >= 15 is 0 Å². The van der Waals surface area contributed by atoms with Crippen LogP contribution in [0.3, 0.4) is 0 Å². The summed E-state index contributed by atoms with van der Waals surface area (Å²) in [6.45, 7) is 4.98. The van der Waals surface area contributed by atoms with Crippen molar-refractivity contribution in [3.8, 4) is 0 Å². The standard InChI is InChI=1S/C22H32O2/c1-21-13-4-3-5-15(21)6-9-17-18-10-7-16(8-11-20(23)24)22(18,2)14-12-19(17)21/h5,12,16-18H,3-4,6-11,13-14H2,1-2H3,(H,23,24)/t16-,17-,18-,21-,22+/m0/s1. The number of carboxylic acid groups (broad SMARTS) is 1. The summed E-state index contributed by atoms with van der Waals surface area (Å²) in [5.74, 6) is 1.53. The molecule has 0 heterocycles. The first kappa shape index (κ1) is 16.4. The van der Waals surface area contributed by atoms with Gasteiger partial charge in [-0.15, -0.1) is 0 Å². The van der Waals surface area contributed by atoms with Gasteiger partial charge in [0.15, 0.2) is 0 Å². The van der Waals surface area contributed by atoms with Crippen LogP contribution >= 0.6 is 0 Å². The number of aliphatic carboxylic acids is 1. The van der Waals surface area contributed by atoms with E-state index in [9.17, 15) is 4.79 Å². The summed E-state index contributed by atoms with van der Waals surface area (Å²) < 4.78 is 0. The molecular weight excluding hydrogens is 296 g/mol. The van der Waals surface area contributed by atoms with Gasteiger partial charge in [0.25, 0.3) is 0 Å². The van der Waals surface area contributed by atoms with Gasteiger partial charge in [0.1, 0.15) is 0 Å². The van der Waals surface area contributed by atoms with Crippen LogP contribution in [0.15, 0.2) is 23.3 Å². The third kappa shape index (κ3) is 2.32. The second-order valence-electron chi connectivity index (χ2n) is 9.28. The molecule has 0 aliphatic heterocycles. The Morgan fingerprint density at radius 2 is 2.08 bits per heavy atom. The zero-order chi connectivity index (χ0) is 16.9. The van der Waals surface area contributed by atoms with Crippen molar-refractivity contribution >= 4 is 5.97 Å². The van der Waals surface area contributed by atoms with Crippen molar-refractivity contribution in [2.24, 2.45) is 28.6 Å². The van der Waals surface area contributed by atoms with Gasteiger partial charge < -0.3 is 5.11 Å². The number of hydrogen-bond donors (Lipinski definition) is 1. The van der Waals surface area contributed by atoms with Crippen molar-refractivity contribution in [2.75, 3.05) is 0 Å². The molecule has 4 aliphatic rings. The number of allylic oxidation sites excluding steroid dienone is 4. The van der Waals surface area contributed by atoms with Gasteiger partial charge in [-0.2, -0.15) is 0 Å². The topological polar surface area (TPSA) is 37.3 Å². The van der Waals surface area contributed by atoms with E-state index in [1.807, 2.05) is 0 Å². The molecule has 0 unspecified atom stereocenters. The Kier molecular flexibility index (Phi) is 3.93. The molecule has 0 aromatic heterocycles. The van der Waals surface area contributed by atoms with Crippen LogP contribution in [0.1, 0.15) is 78.1 Å². The molecule has 2 fully saturated rings. The second-order valence-corrected chi connectivity index (χ2v) is 9.28. The first-order chi connectivity index (χ1) is 11.4. The molecule has 4 aliphatic carbocycles. The lowest BCUT2D eigenvalue weighted by Gasteiger charge is -2.53. The van der Waals surface area contributed by atoms with Crippen molar-refractivity contribution in [2.45, 2.75) is 78.1 Å². The third-order valence-electron chi connectivity index (χ3n) is 8.30. The predicted molar refractivity (Wildman–Crippen MR) is 96.7 cm³/mol. The number of hydrogen-bond acceptors (Lipinski definition) is 1. The minimum absolute atomic E-state index is 0.343. The molecule has 4 rings (SSSR count). The smallest absolute Gasteiger partial charge is 0.303 e. The first-order valence-electron chi connectivity index (χ1n) is 10.1. The van der Waals surface area contributed by atoms with Gasteiger partial charge in [-0.3, -0.25) is 4.79 Å². The van der Waals surface area contributed by atoms with Crippen LogP contribution in [-0.4, -0.2) is 11.1 Å². The van der Waals surface area contributed by atoms with Crippen molar-refractivity contribution in [1.29, 1.82) is 0 Å². The van der Waals surface area contributed by atoms with Crippen LogP contribution in [0.5, 0.6) is 0 Å². The van der Waals surface area contributed by atoms with E-state index in [1.54, 1.807) is 11.1 Å². The van der Waals surface area contributed by atoms with E-state index in [0.29, 0.717) is 23.2 Å². The summed E-state index contributed by atoms with van der Waals surface area (Å²) >= 11 is 0. The van der Waals surface area contributed by atoms with Crippen LogP contribution in [0.2, 0.25) is 0 Å². The Morgan fingerprint density at radius 1 is 1.25 bits per heavy atom. The van der Waals surface area contributed by atoms with Gasteiger partial charge in [0.2, 0.25) is 0 Å². The van der Waals surface area contributed by atoms with Crippen LogP contribution in [0.25, 0.3) is 0 Å². The summed E-state index contributed by atoms with van der Waals surface area (Å²) in [5.41, 5.74) is 4.18. The van der Waals surface area contributed by atoms with Gasteiger partial charge in [0.05, 0.1) is 0 Å². The van der Waals surface area contributed by atoms with Gasteiger partial charge in [0, 0.05) is 11.8 Å². The maximum atomic E-state index is 11.0. The van der Waals surface area contributed by atoms with Crippen molar-refractivity contribution < 1.29 is 9.90 Å². The average molecular weight is 328 g/mol. The molecule has 2 nitrogen and oxygen atoms in total. The fourth-order valence-corrected chi connectivity index (χ4v) is 6.92. The largest absolute Gasteiger partial charge is 0.481 e. The fourth-order valence-electron chi connectivity index (χ4n) is 6.92. The predicted octanol–water partition coefficient (Wildman–Crippen LogP) is 5.74. The van der Waals surface area contributed by atoms with Crippen LogP contribution in [-0.2, 0) is 4.79 Å². The third-order valence-corrected chi connectivity index (χ3v) is 8.30. The van der Waals surface area contributed by atoms with E-state index in [1.165, 1.54) is 51.4 Å². The minimum atomic E-state index is -0.628. The maximum absolute atomic E-state index is 11.0. The maximum Gasteiger partial charge on any atom is 0.303 e. The van der Waals surface area contributed by atoms with E-state index in [2.05, 4.69) is 26.0 Å². The zero-order valence-electron chi connectivity index (χ0n) is 15.3. The van der Waals surface area contributed by atoms with Gasteiger partial charge in [-0.05, 0) is 81.0 Å². The number of carbonyl (C=O) groups is 1. The van der Waals surface area contributed by atoms with E-state index in [0.717, 1.165) is 18.3 Å². The Morgan fingerprint density at radius 3 is 2.88 bits per heavy atom. The van der Waals surface area contributed by atoms with Crippen molar-refractivity contribution in [3.63, 3.8) is 0 Å². The SMILES string of the molecule is C[C@]12CCCC=C1CC[C@@H]1C2=CC[C@]2(C)[C@H](CCC(=O)O)CC[C@@H]12. The summed E-state index contributed by atoms with van der Waals surface area (Å²) in [6.07, 6.45) is 16.7. The van der Waals surface area contributed by atoms with E-state index < -0.39 is 5.97 Å². The van der Waals surface area contributed by atoms with Gasteiger partial charge >= 0.3 is 5.97 Å². The number of rotatable bonds is 3. The zero-order valence-corrected chi connectivity index (χ0v) is 15.3. The summed E-state index contributed by atoms with van der Waals surface area (Å²) in [5, 5.41) is 9.09. The molecular formula is C22H32O2. The minimum Gasteiger partial charge on any atom is -0.481 e. The quantitative estimate of drug-likeness (QED) is 0.671. The molecule has 0 amide bonds. The highest BCUT2D eigenvalue weighted by Gasteiger charge is 2.55. The summed E-state index contributed by atoms with van der Waals surface area (Å²) in [4.78, 5) is 11.0. The molecule has 132 valence electrons. The lowest BCUT2D eigenvalue weighted by atomic mass is 9.51.